The van der Waals surface area contributed by atoms with E-state index in [1.54, 1.807) is 5.57 Å². The van der Waals surface area contributed by atoms with E-state index in [9.17, 15) is 0 Å². The Morgan fingerprint density at radius 2 is 1.88 bits per heavy atom. The maximum Gasteiger partial charge on any atom is 0.0361 e. The third-order valence-electron chi connectivity index (χ3n) is 2.98. The van der Waals surface area contributed by atoms with Crippen LogP contribution in [0.5, 0.6) is 0 Å². The number of nitrogens with zero attached hydrogens (tertiary/aromatic N) is 1. The summed E-state index contributed by atoms with van der Waals surface area (Å²) in [6.45, 7) is 0. The van der Waals surface area contributed by atoms with Gasteiger partial charge in [-0.25, -0.2) is 0 Å². The second kappa shape index (κ2) is 5.02. The topological polar surface area (TPSA) is 3.24 Å². The van der Waals surface area contributed by atoms with E-state index in [4.69, 9.17) is 0 Å². The molecule has 0 unspecified atom stereocenters. The van der Waals surface area contributed by atoms with Crippen LogP contribution in [0.1, 0.15) is 18.4 Å². The van der Waals surface area contributed by atoms with Crippen LogP contribution in [-0.4, -0.2) is 14.1 Å². The lowest BCUT2D eigenvalue weighted by molar-refractivity contribution is 0.911. The SMILES string of the molecule is CN(C)c1ccc(CC2=CC=CCC2)cc1. The molecule has 0 bridgehead atoms. The lowest BCUT2D eigenvalue weighted by atomic mass is 9.97. The minimum absolute atomic E-state index is 1.10. The summed E-state index contributed by atoms with van der Waals surface area (Å²) in [5.41, 5.74) is 4.22. The molecule has 2 rings (SSSR count). The lowest BCUT2D eigenvalue weighted by Crippen LogP contribution is -2.08. The lowest BCUT2D eigenvalue weighted by Gasteiger charge is -2.13. The molecular weight excluding hydrogens is 194 g/mol. The standard InChI is InChI=1S/C15H19N/c1-16(2)15-10-8-14(9-11-15)12-13-6-4-3-5-7-13/h3-4,6,8-11H,5,7,12H2,1-2H3. The molecule has 0 spiro atoms. The van der Waals surface area contributed by atoms with Crippen LogP contribution in [0.15, 0.2) is 48.1 Å². The average Bonchev–Trinajstić information content (AvgIpc) is 2.31. The summed E-state index contributed by atoms with van der Waals surface area (Å²) in [6, 6.07) is 8.84. The Balaban J connectivity index is 2.05. The highest BCUT2D eigenvalue weighted by atomic mass is 15.1. The minimum Gasteiger partial charge on any atom is -0.378 e. The Morgan fingerprint density at radius 1 is 1.12 bits per heavy atom. The quantitative estimate of drug-likeness (QED) is 0.742. The second-order valence-corrected chi connectivity index (χ2v) is 4.53. The van der Waals surface area contributed by atoms with Crippen molar-refractivity contribution in [2.75, 3.05) is 19.0 Å². The maximum atomic E-state index is 2.25. The molecule has 0 saturated carbocycles. The third kappa shape index (κ3) is 2.75. The van der Waals surface area contributed by atoms with E-state index in [1.165, 1.54) is 24.1 Å². The van der Waals surface area contributed by atoms with Gasteiger partial charge in [0.1, 0.15) is 0 Å². The van der Waals surface area contributed by atoms with Crippen molar-refractivity contribution in [1.82, 2.24) is 0 Å². The Kier molecular flexibility index (Phi) is 3.45. The van der Waals surface area contributed by atoms with Gasteiger partial charge in [-0.2, -0.15) is 0 Å². The third-order valence-corrected chi connectivity index (χ3v) is 2.98. The molecule has 84 valence electrons. The van der Waals surface area contributed by atoms with Gasteiger partial charge < -0.3 is 4.90 Å². The predicted octanol–water partition coefficient (Wildman–Crippen LogP) is 3.57. The van der Waals surface area contributed by atoms with Crippen LogP contribution in [0.2, 0.25) is 0 Å². The Morgan fingerprint density at radius 3 is 2.44 bits per heavy atom. The van der Waals surface area contributed by atoms with Gasteiger partial charge in [-0.1, -0.05) is 35.9 Å². The van der Waals surface area contributed by atoms with E-state index in [1.807, 2.05) is 0 Å². The van der Waals surface area contributed by atoms with Crippen molar-refractivity contribution in [2.24, 2.45) is 0 Å². The van der Waals surface area contributed by atoms with E-state index < -0.39 is 0 Å². The Bertz CT molecular complexity index is 396. The zero-order chi connectivity index (χ0) is 11.4. The monoisotopic (exact) mass is 213 g/mol. The van der Waals surface area contributed by atoms with Crippen LogP contribution >= 0.6 is 0 Å². The largest absolute Gasteiger partial charge is 0.378 e. The summed E-state index contributed by atoms with van der Waals surface area (Å²) < 4.78 is 0. The molecule has 16 heavy (non-hydrogen) atoms. The summed E-state index contributed by atoms with van der Waals surface area (Å²) in [4.78, 5) is 2.13. The molecule has 1 aliphatic carbocycles. The number of allylic oxidation sites excluding steroid dienone is 4. The van der Waals surface area contributed by atoms with Crippen molar-refractivity contribution in [2.45, 2.75) is 19.3 Å². The first-order chi connectivity index (χ1) is 7.75. The van der Waals surface area contributed by atoms with Crippen LogP contribution < -0.4 is 4.90 Å². The molecule has 1 heteroatoms. The van der Waals surface area contributed by atoms with Crippen molar-refractivity contribution in [1.29, 1.82) is 0 Å². The van der Waals surface area contributed by atoms with Gasteiger partial charge >= 0.3 is 0 Å². The van der Waals surface area contributed by atoms with E-state index in [0.717, 1.165) is 6.42 Å². The van der Waals surface area contributed by atoms with Gasteiger partial charge in [0.15, 0.2) is 0 Å². The normalized spacial score (nSPS) is 14.8. The molecule has 1 aliphatic rings. The molecule has 0 saturated heterocycles. The highest BCUT2D eigenvalue weighted by molar-refractivity contribution is 5.46. The van der Waals surface area contributed by atoms with Crippen LogP contribution in [0, 0.1) is 0 Å². The molecule has 1 aromatic carbocycles. The van der Waals surface area contributed by atoms with Crippen LogP contribution in [-0.2, 0) is 6.42 Å². The molecule has 0 radical (unpaired) electrons. The van der Waals surface area contributed by atoms with Gasteiger partial charge in [-0.15, -0.1) is 0 Å². The van der Waals surface area contributed by atoms with Gasteiger partial charge in [0.2, 0.25) is 0 Å². The highest BCUT2D eigenvalue weighted by Crippen LogP contribution is 2.19. The number of rotatable bonds is 3. The van der Waals surface area contributed by atoms with Crippen LogP contribution in [0.4, 0.5) is 5.69 Å². The van der Waals surface area contributed by atoms with E-state index in [-0.39, 0.29) is 0 Å². The summed E-state index contributed by atoms with van der Waals surface area (Å²) in [7, 11) is 4.15. The molecule has 1 nitrogen and oxygen atoms in total. The summed E-state index contributed by atoms with van der Waals surface area (Å²) in [6.07, 6.45) is 10.2. The molecule has 0 aliphatic heterocycles. The predicted molar refractivity (Wildman–Crippen MR) is 70.9 cm³/mol. The first-order valence-electron chi connectivity index (χ1n) is 5.86. The van der Waals surface area contributed by atoms with E-state index >= 15 is 0 Å². The highest BCUT2D eigenvalue weighted by Gasteiger charge is 2.02. The smallest absolute Gasteiger partial charge is 0.0361 e. The molecule has 1 aromatic rings. The summed E-state index contributed by atoms with van der Waals surface area (Å²) >= 11 is 0. The van der Waals surface area contributed by atoms with Gasteiger partial charge in [0.05, 0.1) is 0 Å². The molecule has 0 fully saturated rings. The fraction of sp³-hybridized carbons (Fsp3) is 0.333. The Hall–Kier alpha value is -1.50. The number of hydrogen-bond acceptors (Lipinski definition) is 1. The first-order valence-corrected chi connectivity index (χ1v) is 5.86. The number of hydrogen-bond donors (Lipinski definition) is 0. The molecule has 0 N–H and O–H groups in total. The van der Waals surface area contributed by atoms with Crippen molar-refractivity contribution in [3.63, 3.8) is 0 Å². The second-order valence-electron chi connectivity index (χ2n) is 4.53. The van der Waals surface area contributed by atoms with Gasteiger partial charge in [0, 0.05) is 19.8 Å². The fourth-order valence-corrected chi connectivity index (χ4v) is 1.97. The number of benzene rings is 1. The fourth-order valence-electron chi connectivity index (χ4n) is 1.97. The first kappa shape index (κ1) is 11.0. The summed E-state index contributed by atoms with van der Waals surface area (Å²) in [5, 5.41) is 0. The number of anilines is 1. The van der Waals surface area contributed by atoms with Crippen molar-refractivity contribution < 1.29 is 0 Å². The summed E-state index contributed by atoms with van der Waals surface area (Å²) in [5.74, 6) is 0. The van der Waals surface area contributed by atoms with Crippen LogP contribution in [0.25, 0.3) is 0 Å². The van der Waals surface area contributed by atoms with Crippen molar-refractivity contribution >= 4 is 5.69 Å². The molecule has 0 atom stereocenters. The maximum absolute atomic E-state index is 2.25. The van der Waals surface area contributed by atoms with Gasteiger partial charge in [0.25, 0.3) is 0 Å². The van der Waals surface area contributed by atoms with E-state index in [2.05, 4.69) is 61.5 Å². The van der Waals surface area contributed by atoms with Crippen molar-refractivity contribution in [3.05, 3.63) is 53.6 Å². The van der Waals surface area contributed by atoms with Crippen molar-refractivity contribution in [3.8, 4) is 0 Å². The Labute approximate surface area is 98.1 Å². The molecular formula is C15H19N. The molecule has 0 amide bonds. The molecule has 0 heterocycles. The van der Waals surface area contributed by atoms with Crippen LogP contribution in [0.3, 0.4) is 0 Å². The zero-order valence-corrected chi connectivity index (χ0v) is 10.1. The minimum atomic E-state index is 1.10. The zero-order valence-electron chi connectivity index (χ0n) is 10.1. The van der Waals surface area contributed by atoms with E-state index in [0.29, 0.717) is 0 Å². The van der Waals surface area contributed by atoms with Gasteiger partial charge in [-0.05, 0) is 37.0 Å². The molecule has 0 aromatic heterocycles. The van der Waals surface area contributed by atoms with Gasteiger partial charge in [-0.3, -0.25) is 0 Å². The average molecular weight is 213 g/mol.